The van der Waals surface area contributed by atoms with Gasteiger partial charge in [0.2, 0.25) is 0 Å². The van der Waals surface area contributed by atoms with E-state index in [1.54, 1.807) is 18.3 Å². The number of aromatic nitrogens is 3. The second-order valence-electron chi connectivity index (χ2n) is 9.35. The summed E-state index contributed by atoms with van der Waals surface area (Å²) < 4.78 is 21.8. The van der Waals surface area contributed by atoms with E-state index in [1.165, 1.54) is 0 Å². The molecule has 36 heavy (non-hydrogen) atoms. The van der Waals surface area contributed by atoms with Gasteiger partial charge in [-0.05, 0) is 24.3 Å². The Hall–Kier alpha value is -3.11. The summed E-state index contributed by atoms with van der Waals surface area (Å²) in [6, 6.07) is 11.7. The molecule has 2 aromatic carbocycles. The number of rotatable bonds is 6. The average molecular weight is 510 g/mol. The molecule has 0 spiro atoms. The summed E-state index contributed by atoms with van der Waals surface area (Å²) in [5, 5.41) is 25.1. The fraction of sp³-hybridized carbons (Fsp3) is 0.346. The molecule has 4 heterocycles. The summed E-state index contributed by atoms with van der Waals surface area (Å²) >= 11 is 6.50. The number of hydrogen-bond donors (Lipinski definition) is 3. The maximum Gasteiger partial charge on any atom is 0.319 e. The van der Waals surface area contributed by atoms with Crippen molar-refractivity contribution in [2.45, 2.75) is 31.0 Å². The molecule has 3 N–H and O–H groups in total. The SMILES string of the molecule is OC[C@H](O)COc1nc(N2C[C@H]3CC[C@@H](C2)N3)c2cnc(-c3cccc4cccc(Cl)c34)c(F)c2n1. The predicted octanol–water partition coefficient (Wildman–Crippen LogP) is 3.31. The minimum absolute atomic E-state index is 0.0668. The molecule has 2 fully saturated rings. The standard InChI is InChI=1S/C26H25ClFN5O3/c27-20-6-2-4-14-3-1-5-18(21(14)20)23-22(28)24-19(9-29-23)25(32-26(31-24)36-13-17(35)12-34)33-10-15-7-8-16(11-33)30-15/h1-6,9,15-17,30,34-35H,7-8,10-13H2/t15-,16+,17-/m0/s1. The second kappa shape index (κ2) is 9.40. The van der Waals surface area contributed by atoms with E-state index >= 15 is 4.39 Å². The molecule has 2 aliphatic heterocycles. The van der Waals surface area contributed by atoms with Crippen molar-refractivity contribution in [3.05, 3.63) is 53.4 Å². The van der Waals surface area contributed by atoms with Gasteiger partial charge in [0.15, 0.2) is 5.82 Å². The molecule has 6 rings (SSSR count). The van der Waals surface area contributed by atoms with Gasteiger partial charge in [0.1, 0.15) is 29.7 Å². The quantitative estimate of drug-likeness (QED) is 0.364. The van der Waals surface area contributed by atoms with Gasteiger partial charge < -0.3 is 25.2 Å². The Morgan fingerprint density at radius 1 is 1.14 bits per heavy atom. The Morgan fingerprint density at radius 2 is 1.89 bits per heavy atom. The zero-order valence-corrected chi connectivity index (χ0v) is 20.1. The molecular weight excluding hydrogens is 485 g/mol. The van der Waals surface area contributed by atoms with E-state index in [4.69, 9.17) is 21.4 Å². The molecule has 10 heteroatoms. The molecule has 3 atom stereocenters. The van der Waals surface area contributed by atoms with Crippen LogP contribution in [0.5, 0.6) is 6.01 Å². The first kappa shape index (κ1) is 23.3. The number of pyridine rings is 1. The highest BCUT2D eigenvalue weighted by Gasteiger charge is 2.34. The molecule has 186 valence electrons. The highest BCUT2D eigenvalue weighted by molar-refractivity contribution is 6.36. The van der Waals surface area contributed by atoms with Crippen molar-refractivity contribution < 1.29 is 19.3 Å². The zero-order chi connectivity index (χ0) is 24.8. The summed E-state index contributed by atoms with van der Waals surface area (Å²) in [4.78, 5) is 15.6. The van der Waals surface area contributed by atoms with Gasteiger partial charge in [-0.2, -0.15) is 9.97 Å². The molecule has 0 amide bonds. The third-order valence-electron chi connectivity index (χ3n) is 6.88. The summed E-state index contributed by atoms with van der Waals surface area (Å²) in [7, 11) is 0. The number of hydrogen-bond acceptors (Lipinski definition) is 8. The molecule has 2 aliphatic rings. The maximum absolute atomic E-state index is 16.2. The molecule has 2 saturated heterocycles. The number of fused-ring (bicyclic) bond motifs is 4. The Kier molecular flexibility index (Phi) is 6.08. The van der Waals surface area contributed by atoms with Gasteiger partial charge in [-0.1, -0.05) is 41.9 Å². The molecule has 0 saturated carbocycles. The largest absolute Gasteiger partial charge is 0.461 e. The lowest BCUT2D eigenvalue weighted by molar-refractivity contribution is 0.0506. The Bertz CT molecular complexity index is 1440. The van der Waals surface area contributed by atoms with E-state index < -0.39 is 18.5 Å². The third-order valence-corrected chi connectivity index (χ3v) is 7.20. The summed E-state index contributed by atoms with van der Waals surface area (Å²) in [6.45, 7) is 0.770. The normalized spacial score (nSPS) is 20.3. The van der Waals surface area contributed by atoms with Crippen LogP contribution in [0.25, 0.3) is 32.9 Å². The van der Waals surface area contributed by atoms with Crippen LogP contribution in [-0.4, -0.2) is 69.7 Å². The Morgan fingerprint density at radius 3 is 2.64 bits per heavy atom. The van der Waals surface area contributed by atoms with Crippen LogP contribution in [0.3, 0.4) is 0 Å². The average Bonchev–Trinajstić information content (AvgIpc) is 3.24. The molecule has 2 aromatic heterocycles. The molecular formula is C26H25ClFN5O3. The summed E-state index contributed by atoms with van der Waals surface area (Å²) in [6.07, 6.45) is 2.66. The summed E-state index contributed by atoms with van der Waals surface area (Å²) in [5.41, 5.74) is 0.775. The predicted molar refractivity (Wildman–Crippen MR) is 136 cm³/mol. The molecule has 8 nitrogen and oxygen atoms in total. The number of halogens is 2. The number of anilines is 1. The van der Waals surface area contributed by atoms with Crippen LogP contribution in [-0.2, 0) is 0 Å². The maximum atomic E-state index is 16.2. The van der Waals surface area contributed by atoms with Gasteiger partial charge in [-0.25, -0.2) is 4.39 Å². The van der Waals surface area contributed by atoms with Gasteiger partial charge in [0, 0.05) is 47.3 Å². The zero-order valence-electron chi connectivity index (χ0n) is 19.4. The van der Waals surface area contributed by atoms with E-state index in [-0.39, 0.29) is 23.8 Å². The van der Waals surface area contributed by atoms with Crippen LogP contribution in [0.2, 0.25) is 5.02 Å². The minimum atomic E-state index is -1.10. The van der Waals surface area contributed by atoms with Crippen LogP contribution >= 0.6 is 11.6 Å². The van der Waals surface area contributed by atoms with Crippen LogP contribution in [0, 0.1) is 5.82 Å². The molecule has 0 radical (unpaired) electrons. The lowest BCUT2D eigenvalue weighted by Gasteiger charge is -2.34. The van der Waals surface area contributed by atoms with E-state index in [0.717, 1.165) is 31.3 Å². The lowest BCUT2D eigenvalue weighted by atomic mass is 10.0. The van der Waals surface area contributed by atoms with E-state index in [2.05, 4.69) is 25.2 Å². The van der Waals surface area contributed by atoms with Crippen LogP contribution in [0.1, 0.15) is 12.8 Å². The van der Waals surface area contributed by atoms with E-state index in [0.29, 0.717) is 39.3 Å². The first-order valence-electron chi connectivity index (χ1n) is 12.0. The number of piperazine rings is 1. The van der Waals surface area contributed by atoms with Crippen molar-refractivity contribution in [1.82, 2.24) is 20.3 Å². The highest BCUT2D eigenvalue weighted by atomic mass is 35.5. The first-order valence-corrected chi connectivity index (χ1v) is 12.4. The van der Waals surface area contributed by atoms with Crippen molar-refractivity contribution in [2.75, 3.05) is 31.2 Å². The lowest BCUT2D eigenvalue weighted by Crippen LogP contribution is -2.51. The second-order valence-corrected chi connectivity index (χ2v) is 9.75. The molecule has 0 unspecified atom stereocenters. The third kappa shape index (κ3) is 4.12. The van der Waals surface area contributed by atoms with Crippen LogP contribution in [0.15, 0.2) is 42.6 Å². The van der Waals surface area contributed by atoms with Gasteiger partial charge >= 0.3 is 6.01 Å². The number of ether oxygens (including phenoxy) is 1. The van der Waals surface area contributed by atoms with Gasteiger partial charge in [0.05, 0.1) is 12.0 Å². The number of nitrogens with one attached hydrogen (secondary N) is 1. The van der Waals surface area contributed by atoms with Gasteiger partial charge in [-0.3, -0.25) is 4.98 Å². The number of nitrogens with zero attached hydrogens (tertiary/aromatic N) is 4. The van der Waals surface area contributed by atoms with Crippen molar-refractivity contribution in [3.8, 4) is 17.3 Å². The Balaban J connectivity index is 1.51. The smallest absolute Gasteiger partial charge is 0.319 e. The molecule has 4 aromatic rings. The first-order chi connectivity index (χ1) is 17.5. The van der Waals surface area contributed by atoms with E-state index in [9.17, 15) is 5.11 Å². The van der Waals surface area contributed by atoms with Gasteiger partial charge in [-0.15, -0.1) is 0 Å². The molecule has 2 bridgehead atoms. The van der Waals surface area contributed by atoms with Crippen LogP contribution < -0.4 is 15.0 Å². The topological polar surface area (TPSA) is 104 Å². The Labute approximate surface area is 211 Å². The minimum Gasteiger partial charge on any atom is -0.461 e. The van der Waals surface area contributed by atoms with Crippen molar-refractivity contribution in [3.63, 3.8) is 0 Å². The molecule has 0 aliphatic carbocycles. The summed E-state index contributed by atoms with van der Waals surface area (Å²) in [5.74, 6) is -0.0602. The fourth-order valence-corrected chi connectivity index (χ4v) is 5.48. The fourth-order valence-electron chi connectivity index (χ4n) is 5.20. The number of aliphatic hydroxyl groups excluding tert-OH is 2. The monoisotopic (exact) mass is 509 g/mol. The van der Waals surface area contributed by atoms with Crippen LogP contribution in [0.4, 0.5) is 10.2 Å². The number of aliphatic hydroxyl groups is 2. The number of benzene rings is 2. The van der Waals surface area contributed by atoms with E-state index in [1.807, 2.05) is 24.3 Å². The van der Waals surface area contributed by atoms with Crippen molar-refractivity contribution in [2.24, 2.45) is 0 Å². The highest BCUT2D eigenvalue weighted by Crippen LogP contribution is 2.38. The van der Waals surface area contributed by atoms with Crippen molar-refractivity contribution in [1.29, 1.82) is 0 Å². The van der Waals surface area contributed by atoms with Gasteiger partial charge in [0.25, 0.3) is 0 Å². The van der Waals surface area contributed by atoms with Crippen molar-refractivity contribution >= 4 is 39.1 Å².